The first kappa shape index (κ1) is 17.4. The lowest BCUT2D eigenvalue weighted by Crippen LogP contribution is -2.34. The zero-order valence-electron chi connectivity index (χ0n) is 13.1. The average Bonchev–Trinajstić information content (AvgIpc) is 2.50. The molecule has 2 aromatic rings. The highest BCUT2D eigenvalue weighted by Crippen LogP contribution is 2.26. The highest BCUT2D eigenvalue weighted by Gasteiger charge is 2.15. The van der Waals surface area contributed by atoms with E-state index >= 15 is 0 Å². The highest BCUT2D eigenvalue weighted by molar-refractivity contribution is 7.80. The molecule has 124 valence electrons. The Morgan fingerprint density at radius 1 is 1.04 bits per heavy atom. The molecule has 0 atom stereocenters. The summed E-state index contributed by atoms with van der Waals surface area (Å²) in [4.78, 5) is 23.3. The summed E-state index contributed by atoms with van der Waals surface area (Å²) in [7, 11) is 0. The van der Waals surface area contributed by atoms with Crippen LogP contribution in [0.3, 0.4) is 0 Å². The Morgan fingerprint density at radius 3 is 2.33 bits per heavy atom. The quantitative estimate of drug-likeness (QED) is 0.505. The van der Waals surface area contributed by atoms with E-state index in [-0.39, 0.29) is 22.3 Å². The number of rotatable bonds is 3. The van der Waals surface area contributed by atoms with E-state index < -0.39 is 5.97 Å². The number of benzene rings is 2. The largest absolute Gasteiger partial charge is 0.507 e. The van der Waals surface area contributed by atoms with Crippen molar-refractivity contribution in [3.63, 3.8) is 0 Å². The smallest absolute Gasteiger partial charge is 0.339 e. The van der Waals surface area contributed by atoms with Gasteiger partial charge in [-0.25, -0.2) is 4.79 Å². The maximum atomic E-state index is 12.2. The Hall–Kier alpha value is -2.93. The topological polar surface area (TPSA) is 98.7 Å². The predicted octanol–water partition coefficient (Wildman–Crippen LogP) is 2.83. The number of aryl methyl sites for hydroxylation is 2. The van der Waals surface area contributed by atoms with Crippen LogP contribution in [0.2, 0.25) is 0 Å². The average molecular weight is 344 g/mol. The molecule has 2 rings (SSSR count). The molecule has 7 heteroatoms. The van der Waals surface area contributed by atoms with Gasteiger partial charge in [0.2, 0.25) is 0 Å². The van der Waals surface area contributed by atoms with Crippen molar-refractivity contribution in [2.75, 3.05) is 5.32 Å². The fraction of sp³-hybridized carbons (Fsp3) is 0.118. The molecule has 1 amide bonds. The minimum Gasteiger partial charge on any atom is -0.507 e. The lowest BCUT2D eigenvalue weighted by atomic mass is 10.1. The fourth-order valence-corrected chi connectivity index (χ4v) is 2.39. The lowest BCUT2D eigenvalue weighted by molar-refractivity contribution is 0.0693. The van der Waals surface area contributed by atoms with Crippen molar-refractivity contribution in [2.45, 2.75) is 13.8 Å². The van der Waals surface area contributed by atoms with Crippen LogP contribution in [-0.4, -0.2) is 27.2 Å². The monoisotopic (exact) mass is 344 g/mol. The summed E-state index contributed by atoms with van der Waals surface area (Å²) in [5.41, 5.74) is 1.80. The van der Waals surface area contributed by atoms with Gasteiger partial charge >= 0.3 is 5.97 Å². The molecule has 2 aromatic carbocycles. The first-order chi connectivity index (χ1) is 11.3. The number of carboxylic acid groups (broad SMARTS) is 1. The number of aromatic carboxylic acids is 1. The highest BCUT2D eigenvalue weighted by atomic mass is 32.1. The van der Waals surface area contributed by atoms with E-state index in [0.717, 1.165) is 5.56 Å². The molecule has 0 radical (unpaired) electrons. The molecular weight excluding hydrogens is 328 g/mol. The van der Waals surface area contributed by atoms with Gasteiger partial charge in [0.05, 0.1) is 0 Å². The number of phenols is 1. The number of amides is 1. The van der Waals surface area contributed by atoms with Gasteiger partial charge in [0.25, 0.3) is 5.91 Å². The van der Waals surface area contributed by atoms with E-state index in [9.17, 15) is 14.7 Å². The number of anilines is 1. The van der Waals surface area contributed by atoms with Gasteiger partial charge in [0.15, 0.2) is 5.11 Å². The maximum Gasteiger partial charge on any atom is 0.339 e. The third-order valence-electron chi connectivity index (χ3n) is 3.41. The first-order valence-corrected chi connectivity index (χ1v) is 7.45. The van der Waals surface area contributed by atoms with Crippen LogP contribution in [0.25, 0.3) is 0 Å². The molecule has 0 aliphatic carbocycles. The number of aromatic hydroxyl groups is 1. The lowest BCUT2D eigenvalue weighted by Gasteiger charge is -2.13. The Morgan fingerprint density at radius 2 is 1.71 bits per heavy atom. The predicted molar refractivity (Wildman–Crippen MR) is 94.7 cm³/mol. The Balaban J connectivity index is 2.14. The fourth-order valence-electron chi connectivity index (χ4n) is 2.18. The van der Waals surface area contributed by atoms with Crippen molar-refractivity contribution in [1.82, 2.24) is 5.32 Å². The number of thiocarbonyl (C=S) groups is 1. The van der Waals surface area contributed by atoms with E-state index in [1.165, 1.54) is 12.1 Å². The zero-order chi connectivity index (χ0) is 17.9. The second-order valence-corrected chi connectivity index (χ2v) is 5.63. The van der Waals surface area contributed by atoms with E-state index in [1.807, 2.05) is 19.1 Å². The van der Waals surface area contributed by atoms with Gasteiger partial charge in [-0.2, -0.15) is 0 Å². The summed E-state index contributed by atoms with van der Waals surface area (Å²) in [5.74, 6) is -1.92. The summed E-state index contributed by atoms with van der Waals surface area (Å²) in [6.07, 6.45) is 0. The van der Waals surface area contributed by atoms with Crippen LogP contribution in [0.5, 0.6) is 5.75 Å². The number of carbonyl (C=O) groups is 2. The maximum absolute atomic E-state index is 12.2. The molecule has 0 saturated heterocycles. The van der Waals surface area contributed by atoms with Gasteiger partial charge in [-0.05, 0) is 55.4 Å². The van der Waals surface area contributed by atoms with Gasteiger partial charge in [-0.15, -0.1) is 0 Å². The molecule has 6 nitrogen and oxygen atoms in total. The number of carbonyl (C=O) groups excluding carboxylic acids is 1. The summed E-state index contributed by atoms with van der Waals surface area (Å²) >= 11 is 5.09. The standard InChI is InChI=1S/C17H16N2O4S/c1-9-5-3-4-6-12(9)15(21)19-17(24)18-11-7-10(2)14(20)13(8-11)16(22)23/h3-8,20H,1-2H3,(H,22,23)(H2,18,19,21,24). The van der Waals surface area contributed by atoms with Gasteiger partial charge in [-0.1, -0.05) is 18.2 Å². The normalized spacial score (nSPS) is 10.1. The van der Waals surface area contributed by atoms with E-state index in [2.05, 4.69) is 10.6 Å². The van der Waals surface area contributed by atoms with Gasteiger partial charge in [0.1, 0.15) is 11.3 Å². The molecule has 0 bridgehead atoms. The molecule has 0 saturated carbocycles. The molecule has 0 aromatic heterocycles. The third-order valence-corrected chi connectivity index (χ3v) is 3.61. The third kappa shape index (κ3) is 3.88. The Bertz CT molecular complexity index is 833. The Kier molecular flexibility index (Phi) is 5.15. The van der Waals surface area contributed by atoms with Crippen LogP contribution in [0, 0.1) is 13.8 Å². The van der Waals surface area contributed by atoms with Crippen molar-refractivity contribution in [1.29, 1.82) is 0 Å². The second kappa shape index (κ2) is 7.10. The van der Waals surface area contributed by atoms with Crippen LogP contribution in [-0.2, 0) is 0 Å². The summed E-state index contributed by atoms with van der Waals surface area (Å²) in [5, 5.41) is 24.1. The van der Waals surface area contributed by atoms with E-state index in [1.54, 1.807) is 19.1 Å². The molecule has 0 spiro atoms. The summed E-state index contributed by atoms with van der Waals surface area (Å²) in [6, 6.07) is 9.86. The van der Waals surface area contributed by atoms with E-state index in [0.29, 0.717) is 16.8 Å². The zero-order valence-corrected chi connectivity index (χ0v) is 13.9. The number of hydrogen-bond acceptors (Lipinski definition) is 4. The molecule has 4 N–H and O–H groups in total. The number of hydrogen-bond donors (Lipinski definition) is 4. The second-order valence-electron chi connectivity index (χ2n) is 5.22. The van der Waals surface area contributed by atoms with Crippen molar-refractivity contribution in [2.24, 2.45) is 0 Å². The van der Waals surface area contributed by atoms with Crippen molar-refractivity contribution in [3.8, 4) is 5.75 Å². The molecule has 0 heterocycles. The summed E-state index contributed by atoms with van der Waals surface area (Å²) < 4.78 is 0. The molecule has 0 aliphatic heterocycles. The molecule has 0 unspecified atom stereocenters. The molecule has 0 aliphatic rings. The molecule has 0 fully saturated rings. The Labute approximate surface area is 144 Å². The van der Waals surface area contributed by atoms with Crippen LogP contribution in [0.1, 0.15) is 31.8 Å². The van der Waals surface area contributed by atoms with Gasteiger partial charge in [-0.3, -0.25) is 10.1 Å². The minimum absolute atomic E-state index is 0.0321. The van der Waals surface area contributed by atoms with Crippen molar-refractivity contribution < 1.29 is 19.8 Å². The van der Waals surface area contributed by atoms with Crippen molar-refractivity contribution >= 4 is 34.9 Å². The van der Waals surface area contributed by atoms with E-state index in [4.69, 9.17) is 17.3 Å². The van der Waals surface area contributed by atoms with Crippen LogP contribution in [0.15, 0.2) is 36.4 Å². The number of carboxylic acids is 1. The SMILES string of the molecule is Cc1ccccc1C(=O)NC(=S)Nc1cc(C)c(O)c(C(=O)O)c1. The first-order valence-electron chi connectivity index (χ1n) is 7.04. The molecular formula is C17H16N2O4S. The van der Waals surface area contributed by atoms with Gasteiger partial charge in [0, 0.05) is 11.3 Å². The van der Waals surface area contributed by atoms with Crippen LogP contribution in [0.4, 0.5) is 5.69 Å². The number of nitrogens with one attached hydrogen (secondary N) is 2. The van der Waals surface area contributed by atoms with Crippen LogP contribution >= 0.6 is 12.2 Å². The van der Waals surface area contributed by atoms with Crippen molar-refractivity contribution in [3.05, 3.63) is 58.7 Å². The molecule has 24 heavy (non-hydrogen) atoms. The summed E-state index contributed by atoms with van der Waals surface area (Å²) in [6.45, 7) is 3.38. The van der Waals surface area contributed by atoms with Crippen LogP contribution < -0.4 is 10.6 Å². The minimum atomic E-state index is -1.26. The van der Waals surface area contributed by atoms with Gasteiger partial charge < -0.3 is 15.5 Å².